The van der Waals surface area contributed by atoms with E-state index in [1.807, 2.05) is 19.6 Å². The predicted octanol–water partition coefficient (Wildman–Crippen LogP) is 3.80. The quantitative estimate of drug-likeness (QED) is 0.289. The molecule has 0 saturated carbocycles. The molecular weight excluding hydrogens is 499 g/mol. The molecule has 1 fully saturated rings. The van der Waals surface area contributed by atoms with Crippen molar-refractivity contribution in [3.8, 4) is 0 Å². The van der Waals surface area contributed by atoms with E-state index in [9.17, 15) is 0 Å². The van der Waals surface area contributed by atoms with Crippen molar-refractivity contribution < 1.29 is 0 Å². The van der Waals surface area contributed by atoms with Crippen molar-refractivity contribution in [3.05, 3.63) is 83.9 Å². The molecule has 2 N–H and O–H groups in total. The van der Waals surface area contributed by atoms with Gasteiger partial charge in [-0.05, 0) is 36.6 Å². The van der Waals surface area contributed by atoms with Crippen LogP contribution < -0.4 is 15.5 Å². The molecule has 1 aliphatic rings. The average Bonchev–Trinajstić information content (AvgIpc) is 3.45. The molecule has 31 heavy (non-hydrogen) atoms. The summed E-state index contributed by atoms with van der Waals surface area (Å²) >= 11 is 0. The molecule has 0 spiro atoms. The van der Waals surface area contributed by atoms with Gasteiger partial charge in [0.15, 0.2) is 5.96 Å². The molecule has 1 saturated heterocycles. The lowest BCUT2D eigenvalue weighted by Crippen LogP contribution is -2.44. The molecule has 1 atom stereocenters. The number of hydrogen-bond donors (Lipinski definition) is 2. The minimum absolute atomic E-state index is 0. The number of aliphatic imine (C=N–C) groups is 1. The first-order valence-corrected chi connectivity index (χ1v) is 10.5. The SMILES string of the molecule is CN=C(NCc1ccc(Cn2ccnc2)cc1)NC1CCN(c2ccc(C)cc2)C1.I. The number of hydrogen-bond acceptors (Lipinski definition) is 3. The lowest BCUT2D eigenvalue weighted by atomic mass is 10.1. The third-order valence-corrected chi connectivity index (χ3v) is 5.56. The van der Waals surface area contributed by atoms with Gasteiger partial charge in [0.2, 0.25) is 0 Å². The molecule has 2 heterocycles. The van der Waals surface area contributed by atoms with E-state index in [1.54, 1.807) is 6.20 Å². The Hall–Kier alpha value is -2.55. The zero-order chi connectivity index (χ0) is 20.8. The Bertz CT molecular complexity index is 951. The second kappa shape index (κ2) is 11.2. The molecule has 0 radical (unpaired) electrons. The highest BCUT2D eigenvalue weighted by Crippen LogP contribution is 2.20. The molecule has 164 valence electrons. The molecule has 1 aromatic heterocycles. The van der Waals surface area contributed by atoms with E-state index in [0.29, 0.717) is 6.04 Å². The lowest BCUT2D eigenvalue weighted by Gasteiger charge is -2.20. The standard InChI is InChI=1S/C24H30N6.HI/c1-19-3-9-23(10-4-19)30-13-11-22(17-30)28-24(25-2)27-15-20-5-7-21(8-6-20)16-29-14-12-26-18-29;/h3-10,12,14,18,22H,11,13,15-17H2,1-2H3,(H2,25,27,28);1H. The third kappa shape index (κ3) is 6.46. The van der Waals surface area contributed by atoms with Crippen LogP contribution in [0.25, 0.3) is 0 Å². The number of nitrogens with one attached hydrogen (secondary N) is 2. The number of anilines is 1. The Morgan fingerprint density at radius 2 is 1.84 bits per heavy atom. The van der Waals surface area contributed by atoms with Gasteiger partial charge >= 0.3 is 0 Å². The zero-order valence-corrected chi connectivity index (χ0v) is 20.5. The van der Waals surface area contributed by atoms with E-state index in [4.69, 9.17) is 0 Å². The summed E-state index contributed by atoms with van der Waals surface area (Å²) in [6.07, 6.45) is 6.74. The van der Waals surface area contributed by atoms with Crippen LogP contribution >= 0.6 is 24.0 Å². The van der Waals surface area contributed by atoms with E-state index >= 15 is 0 Å². The fourth-order valence-electron chi connectivity index (χ4n) is 3.80. The molecule has 0 aliphatic carbocycles. The van der Waals surface area contributed by atoms with Crippen LogP contribution in [0.2, 0.25) is 0 Å². The number of nitrogens with zero attached hydrogens (tertiary/aromatic N) is 4. The Morgan fingerprint density at radius 1 is 1.10 bits per heavy atom. The van der Waals surface area contributed by atoms with Gasteiger partial charge in [-0.25, -0.2) is 4.98 Å². The van der Waals surface area contributed by atoms with E-state index in [2.05, 4.69) is 85.5 Å². The van der Waals surface area contributed by atoms with Crippen LogP contribution in [0.15, 0.2) is 72.2 Å². The molecule has 1 unspecified atom stereocenters. The van der Waals surface area contributed by atoms with Crippen LogP contribution in [0.3, 0.4) is 0 Å². The fourth-order valence-corrected chi connectivity index (χ4v) is 3.80. The number of benzene rings is 2. The Kier molecular flexibility index (Phi) is 8.34. The number of guanidine groups is 1. The maximum absolute atomic E-state index is 4.41. The van der Waals surface area contributed by atoms with Crippen molar-refractivity contribution in [3.63, 3.8) is 0 Å². The highest BCUT2D eigenvalue weighted by atomic mass is 127. The third-order valence-electron chi connectivity index (χ3n) is 5.56. The van der Waals surface area contributed by atoms with Crippen molar-refractivity contribution in [2.45, 2.75) is 32.5 Å². The highest BCUT2D eigenvalue weighted by Gasteiger charge is 2.23. The van der Waals surface area contributed by atoms with Crippen molar-refractivity contribution in [2.75, 3.05) is 25.0 Å². The molecule has 0 bridgehead atoms. The van der Waals surface area contributed by atoms with Crippen LogP contribution in [0, 0.1) is 6.92 Å². The number of aromatic nitrogens is 2. The normalized spacial score (nSPS) is 16.1. The van der Waals surface area contributed by atoms with Crippen LogP contribution in [0.4, 0.5) is 5.69 Å². The summed E-state index contributed by atoms with van der Waals surface area (Å²) in [4.78, 5) is 10.9. The van der Waals surface area contributed by atoms with Gasteiger partial charge in [0.05, 0.1) is 6.33 Å². The fraction of sp³-hybridized carbons (Fsp3) is 0.333. The van der Waals surface area contributed by atoms with Gasteiger partial charge in [-0.3, -0.25) is 4.99 Å². The van der Waals surface area contributed by atoms with E-state index < -0.39 is 0 Å². The lowest BCUT2D eigenvalue weighted by molar-refractivity contribution is 0.648. The van der Waals surface area contributed by atoms with Crippen molar-refractivity contribution in [1.29, 1.82) is 0 Å². The molecule has 1 aliphatic heterocycles. The Balaban J connectivity index is 0.00000272. The highest BCUT2D eigenvalue weighted by molar-refractivity contribution is 14.0. The van der Waals surface area contributed by atoms with Crippen LogP contribution in [-0.4, -0.2) is 41.7 Å². The summed E-state index contributed by atoms with van der Waals surface area (Å²) in [6, 6.07) is 17.8. The van der Waals surface area contributed by atoms with E-state index in [0.717, 1.165) is 38.6 Å². The van der Waals surface area contributed by atoms with Gasteiger partial charge in [-0.2, -0.15) is 0 Å². The second-order valence-corrected chi connectivity index (χ2v) is 7.89. The van der Waals surface area contributed by atoms with Crippen LogP contribution in [0.5, 0.6) is 0 Å². The van der Waals surface area contributed by atoms with Gasteiger partial charge in [-0.1, -0.05) is 42.0 Å². The monoisotopic (exact) mass is 530 g/mol. The summed E-state index contributed by atoms with van der Waals surface area (Å²) < 4.78 is 2.07. The molecule has 4 rings (SSSR count). The summed E-state index contributed by atoms with van der Waals surface area (Å²) in [5, 5.41) is 7.02. The summed E-state index contributed by atoms with van der Waals surface area (Å²) in [5.41, 5.74) is 5.09. The molecule has 0 amide bonds. The number of halogens is 1. The van der Waals surface area contributed by atoms with Gasteiger partial charge in [0.1, 0.15) is 0 Å². The van der Waals surface area contributed by atoms with Crippen molar-refractivity contribution in [2.24, 2.45) is 4.99 Å². The maximum atomic E-state index is 4.41. The summed E-state index contributed by atoms with van der Waals surface area (Å²) in [6.45, 7) is 5.78. The van der Waals surface area contributed by atoms with Gasteiger partial charge < -0.3 is 20.1 Å². The largest absolute Gasteiger partial charge is 0.369 e. The van der Waals surface area contributed by atoms with Gasteiger partial charge in [0, 0.05) is 57.3 Å². The Morgan fingerprint density at radius 3 is 2.52 bits per heavy atom. The van der Waals surface area contributed by atoms with Crippen molar-refractivity contribution >= 4 is 35.6 Å². The minimum Gasteiger partial charge on any atom is -0.369 e. The molecule has 2 aromatic carbocycles. The van der Waals surface area contributed by atoms with Crippen molar-refractivity contribution in [1.82, 2.24) is 20.2 Å². The first-order chi connectivity index (χ1) is 14.7. The molecule has 3 aromatic rings. The van der Waals surface area contributed by atoms with E-state index in [1.165, 1.54) is 22.4 Å². The zero-order valence-electron chi connectivity index (χ0n) is 18.2. The first-order valence-electron chi connectivity index (χ1n) is 10.5. The van der Waals surface area contributed by atoms with E-state index in [-0.39, 0.29) is 24.0 Å². The molecule has 7 heteroatoms. The van der Waals surface area contributed by atoms with Crippen LogP contribution in [0.1, 0.15) is 23.1 Å². The predicted molar refractivity (Wildman–Crippen MR) is 138 cm³/mol. The number of rotatable bonds is 6. The number of aryl methyl sites for hydroxylation is 1. The smallest absolute Gasteiger partial charge is 0.191 e. The van der Waals surface area contributed by atoms with Gasteiger partial charge in [-0.15, -0.1) is 24.0 Å². The molecular formula is C24H31IN6. The summed E-state index contributed by atoms with van der Waals surface area (Å²) in [7, 11) is 1.83. The number of imidazole rings is 1. The first kappa shape index (κ1) is 23.1. The second-order valence-electron chi connectivity index (χ2n) is 7.89. The summed E-state index contributed by atoms with van der Waals surface area (Å²) in [5.74, 6) is 0.855. The van der Waals surface area contributed by atoms with Crippen LogP contribution in [-0.2, 0) is 13.1 Å². The topological polar surface area (TPSA) is 57.5 Å². The van der Waals surface area contributed by atoms with Gasteiger partial charge in [0.25, 0.3) is 0 Å². The minimum atomic E-state index is 0. The average molecular weight is 530 g/mol. The maximum Gasteiger partial charge on any atom is 0.191 e. The molecule has 6 nitrogen and oxygen atoms in total. The Labute approximate surface area is 201 Å².